The molecule has 7 nitrogen and oxygen atoms in total. The lowest BCUT2D eigenvalue weighted by molar-refractivity contribution is -0.140. The number of hydrogen-bond donors (Lipinski definition) is 1. The Bertz CT molecular complexity index is 1480. The fraction of sp³-hybridized carbons (Fsp3) is 0.355. The SMILES string of the molecule is Cc1ccc(S(=O)(=O)N(CC(=O)N(Cc2cccc(C)c2)[C@H](C)C(=O)NC(C)(C)C)c2cc(Cl)ccc2C)cc1. The van der Waals surface area contributed by atoms with Crippen LogP contribution in [0.25, 0.3) is 0 Å². The summed E-state index contributed by atoms with van der Waals surface area (Å²) in [6.07, 6.45) is 0. The molecule has 214 valence electrons. The molecule has 1 N–H and O–H groups in total. The lowest BCUT2D eigenvalue weighted by atomic mass is 10.1. The highest BCUT2D eigenvalue weighted by Gasteiger charge is 2.34. The van der Waals surface area contributed by atoms with Crippen molar-refractivity contribution in [1.29, 1.82) is 0 Å². The predicted molar refractivity (Wildman–Crippen MR) is 161 cm³/mol. The number of sulfonamides is 1. The van der Waals surface area contributed by atoms with Crippen LogP contribution in [0.15, 0.2) is 71.6 Å². The number of amides is 2. The zero-order chi connectivity index (χ0) is 29.8. The van der Waals surface area contributed by atoms with Gasteiger partial charge in [0.15, 0.2) is 0 Å². The van der Waals surface area contributed by atoms with Crippen molar-refractivity contribution in [2.75, 3.05) is 10.8 Å². The summed E-state index contributed by atoms with van der Waals surface area (Å²) in [6, 6.07) is 18.2. The molecule has 1 atom stereocenters. The average Bonchev–Trinajstić information content (AvgIpc) is 2.86. The van der Waals surface area contributed by atoms with Crippen LogP contribution in [0, 0.1) is 20.8 Å². The molecule has 0 aliphatic carbocycles. The average molecular weight is 584 g/mol. The second-order valence-corrected chi connectivity index (χ2v) is 13.5. The first-order chi connectivity index (χ1) is 18.6. The van der Waals surface area contributed by atoms with E-state index in [-0.39, 0.29) is 17.3 Å². The van der Waals surface area contributed by atoms with Crippen LogP contribution in [0.1, 0.15) is 49.9 Å². The molecule has 40 heavy (non-hydrogen) atoms. The highest BCUT2D eigenvalue weighted by molar-refractivity contribution is 7.92. The first-order valence-electron chi connectivity index (χ1n) is 13.1. The molecule has 9 heteroatoms. The van der Waals surface area contributed by atoms with Crippen molar-refractivity contribution in [3.8, 4) is 0 Å². The minimum atomic E-state index is -4.17. The van der Waals surface area contributed by atoms with Gasteiger partial charge in [-0.05, 0) is 83.9 Å². The van der Waals surface area contributed by atoms with Crippen LogP contribution < -0.4 is 9.62 Å². The van der Waals surface area contributed by atoms with Gasteiger partial charge in [-0.3, -0.25) is 13.9 Å². The summed E-state index contributed by atoms with van der Waals surface area (Å²) in [5.41, 5.74) is 3.16. The van der Waals surface area contributed by atoms with E-state index in [0.717, 1.165) is 21.0 Å². The maximum absolute atomic E-state index is 14.1. The molecule has 0 saturated heterocycles. The van der Waals surface area contributed by atoms with Gasteiger partial charge in [-0.1, -0.05) is 65.2 Å². The largest absolute Gasteiger partial charge is 0.350 e. The van der Waals surface area contributed by atoms with Crippen LogP contribution >= 0.6 is 11.6 Å². The lowest BCUT2D eigenvalue weighted by Crippen LogP contribution is -2.54. The summed E-state index contributed by atoms with van der Waals surface area (Å²) >= 11 is 6.28. The van der Waals surface area contributed by atoms with E-state index in [1.54, 1.807) is 38.1 Å². The second kappa shape index (κ2) is 12.4. The topological polar surface area (TPSA) is 86.8 Å². The van der Waals surface area contributed by atoms with Gasteiger partial charge in [0.25, 0.3) is 10.0 Å². The fourth-order valence-electron chi connectivity index (χ4n) is 4.27. The van der Waals surface area contributed by atoms with Gasteiger partial charge in [0.2, 0.25) is 11.8 Å². The van der Waals surface area contributed by atoms with Gasteiger partial charge >= 0.3 is 0 Å². The van der Waals surface area contributed by atoms with Crippen molar-refractivity contribution in [2.24, 2.45) is 0 Å². The molecule has 3 aromatic rings. The van der Waals surface area contributed by atoms with Gasteiger partial charge in [-0.15, -0.1) is 0 Å². The number of carbonyl (C=O) groups is 2. The third kappa shape index (κ3) is 7.86. The maximum atomic E-state index is 14.1. The van der Waals surface area contributed by atoms with E-state index in [1.807, 2.05) is 58.9 Å². The van der Waals surface area contributed by atoms with Crippen LogP contribution in [0.3, 0.4) is 0 Å². The van der Waals surface area contributed by atoms with Crippen LogP contribution in [-0.4, -0.2) is 43.3 Å². The van der Waals surface area contributed by atoms with Crippen molar-refractivity contribution in [3.05, 3.63) is 94.0 Å². The molecule has 0 bridgehead atoms. The first-order valence-corrected chi connectivity index (χ1v) is 14.9. The third-order valence-electron chi connectivity index (χ3n) is 6.43. The lowest BCUT2D eigenvalue weighted by Gasteiger charge is -2.34. The molecule has 0 fully saturated rings. The number of aryl methyl sites for hydroxylation is 3. The fourth-order valence-corrected chi connectivity index (χ4v) is 5.90. The second-order valence-electron chi connectivity index (χ2n) is 11.2. The van der Waals surface area contributed by atoms with Crippen molar-refractivity contribution >= 4 is 39.1 Å². The number of rotatable bonds is 9. The number of carbonyl (C=O) groups excluding carboxylic acids is 2. The van der Waals surface area contributed by atoms with E-state index in [2.05, 4.69) is 5.32 Å². The Morgan fingerprint density at radius 1 is 0.925 bits per heavy atom. The molecule has 0 aromatic heterocycles. The van der Waals surface area contributed by atoms with Gasteiger partial charge in [-0.25, -0.2) is 8.42 Å². The van der Waals surface area contributed by atoms with E-state index in [4.69, 9.17) is 11.6 Å². The molecule has 0 unspecified atom stereocenters. The number of nitrogens with zero attached hydrogens (tertiary/aromatic N) is 2. The van der Waals surface area contributed by atoms with Crippen molar-refractivity contribution in [3.63, 3.8) is 0 Å². The van der Waals surface area contributed by atoms with Crippen molar-refractivity contribution in [2.45, 2.75) is 71.5 Å². The van der Waals surface area contributed by atoms with E-state index in [0.29, 0.717) is 16.3 Å². The van der Waals surface area contributed by atoms with Crippen molar-refractivity contribution < 1.29 is 18.0 Å². The Labute approximate surface area is 243 Å². The summed E-state index contributed by atoms with van der Waals surface area (Å²) in [5.74, 6) is -0.853. The van der Waals surface area contributed by atoms with E-state index in [1.165, 1.54) is 23.1 Å². The minimum absolute atomic E-state index is 0.0500. The molecule has 0 spiro atoms. The molecule has 3 aromatic carbocycles. The summed E-state index contributed by atoms with van der Waals surface area (Å²) in [6.45, 7) is 12.4. The predicted octanol–water partition coefficient (Wildman–Crippen LogP) is 5.79. The molecular weight excluding hydrogens is 546 g/mol. The number of benzene rings is 3. The Kier molecular flexibility index (Phi) is 9.69. The van der Waals surface area contributed by atoms with Gasteiger partial charge in [0, 0.05) is 17.1 Å². The minimum Gasteiger partial charge on any atom is -0.350 e. The summed E-state index contributed by atoms with van der Waals surface area (Å²) in [4.78, 5) is 28.7. The van der Waals surface area contributed by atoms with E-state index < -0.39 is 34.1 Å². The monoisotopic (exact) mass is 583 g/mol. The Balaban J connectivity index is 2.08. The molecule has 3 rings (SSSR count). The zero-order valence-corrected chi connectivity index (χ0v) is 25.7. The highest BCUT2D eigenvalue weighted by atomic mass is 35.5. The van der Waals surface area contributed by atoms with Gasteiger partial charge in [0.05, 0.1) is 10.6 Å². The summed E-state index contributed by atoms with van der Waals surface area (Å²) in [5, 5.41) is 3.27. The normalized spacial score (nSPS) is 12.5. The van der Waals surface area contributed by atoms with Crippen LogP contribution in [0.4, 0.5) is 5.69 Å². The van der Waals surface area contributed by atoms with E-state index >= 15 is 0 Å². The number of halogens is 1. The van der Waals surface area contributed by atoms with Crippen LogP contribution in [0.5, 0.6) is 0 Å². The van der Waals surface area contributed by atoms with Crippen molar-refractivity contribution in [1.82, 2.24) is 10.2 Å². The smallest absolute Gasteiger partial charge is 0.264 e. The number of hydrogen-bond acceptors (Lipinski definition) is 4. The Hall–Kier alpha value is -3.36. The molecule has 0 saturated carbocycles. The van der Waals surface area contributed by atoms with Crippen LogP contribution in [-0.2, 0) is 26.2 Å². The third-order valence-corrected chi connectivity index (χ3v) is 8.44. The molecule has 0 aliphatic heterocycles. The van der Waals surface area contributed by atoms with Gasteiger partial charge < -0.3 is 10.2 Å². The first kappa shape index (κ1) is 31.2. The Morgan fingerprint density at radius 3 is 2.17 bits per heavy atom. The standard InChI is InChI=1S/C31H38ClN3O4S/c1-21-11-15-27(16-12-21)40(38,39)35(28-18-26(32)14-13-23(28)3)20-29(36)34(19-25-10-8-9-22(2)17-25)24(4)30(37)33-31(5,6)7/h8-18,24H,19-20H2,1-7H3,(H,33,37)/t24-/m1/s1. The van der Waals surface area contributed by atoms with Crippen LogP contribution in [0.2, 0.25) is 5.02 Å². The maximum Gasteiger partial charge on any atom is 0.264 e. The molecular formula is C31H38ClN3O4S. The Morgan fingerprint density at radius 2 is 1.57 bits per heavy atom. The molecule has 2 amide bonds. The van der Waals surface area contributed by atoms with Gasteiger partial charge in [0.1, 0.15) is 12.6 Å². The van der Waals surface area contributed by atoms with Gasteiger partial charge in [-0.2, -0.15) is 0 Å². The molecule has 0 radical (unpaired) electrons. The van der Waals surface area contributed by atoms with E-state index in [9.17, 15) is 18.0 Å². The highest BCUT2D eigenvalue weighted by Crippen LogP contribution is 2.30. The molecule has 0 aliphatic rings. The zero-order valence-electron chi connectivity index (χ0n) is 24.2. The quantitative estimate of drug-likeness (QED) is 0.345. The number of anilines is 1. The molecule has 0 heterocycles. The summed E-state index contributed by atoms with van der Waals surface area (Å²) in [7, 11) is -4.17. The number of nitrogens with one attached hydrogen (secondary N) is 1. The summed E-state index contributed by atoms with van der Waals surface area (Å²) < 4.78 is 29.1.